The van der Waals surface area contributed by atoms with Gasteiger partial charge in [0.25, 0.3) is 0 Å². The summed E-state index contributed by atoms with van der Waals surface area (Å²) in [5, 5.41) is 18.3. The van der Waals surface area contributed by atoms with Crippen molar-refractivity contribution < 1.29 is 43.0 Å². The maximum atomic E-state index is 12.5. The van der Waals surface area contributed by atoms with E-state index in [4.69, 9.17) is 23.6 Å². The summed E-state index contributed by atoms with van der Waals surface area (Å²) in [6.45, 7) is 3.22. The molecule has 0 rings (SSSR count). The fourth-order valence-electron chi connectivity index (χ4n) is 4.67. The number of carbonyl (C=O) groups excluding carboxylic acids is 1. The molecule has 0 bridgehead atoms. The highest BCUT2D eigenvalue weighted by Crippen LogP contribution is 2.43. The number of aliphatic hydroxyl groups excluding tert-OH is 2. The molecule has 0 saturated heterocycles. The fraction of sp³-hybridized carbons (Fsp3) is 0.683. The minimum atomic E-state index is -4.53. The Labute approximate surface area is 310 Å². The van der Waals surface area contributed by atoms with Gasteiger partial charge in [-0.05, 0) is 83.5 Å². The molecule has 0 fully saturated rings. The van der Waals surface area contributed by atoms with Crippen molar-refractivity contribution in [2.45, 2.75) is 148 Å². The first-order valence-corrected chi connectivity index (χ1v) is 20.9. The van der Waals surface area contributed by atoms with Crippen LogP contribution in [0.3, 0.4) is 0 Å². The van der Waals surface area contributed by atoms with Gasteiger partial charge in [0.2, 0.25) is 0 Å². The molecule has 0 saturated carbocycles. The van der Waals surface area contributed by atoms with Gasteiger partial charge in [0.05, 0.1) is 26.4 Å². The first-order valence-electron chi connectivity index (χ1n) is 19.4. The number of phosphoric acid groups is 1. The largest absolute Gasteiger partial charge is 0.472 e. The first-order chi connectivity index (χ1) is 24.8. The third-order valence-electron chi connectivity index (χ3n) is 7.63. The number of unbranched alkanes of at least 4 members (excludes halogenated alkanes) is 10. The zero-order valence-corrected chi connectivity index (χ0v) is 32.7. The summed E-state index contributed by atoms with van der Waals surface area (Å²) in [4.78, 5) is 22.5. The van der Waals surface area contributed by atoms with Gasteiger partial charge >= 0.3 is 13.8 Å². The molecule has 3 unspecified atom stereocenters. The number of carbonyl (C=O) groups is 1. The number of hydrogen-bond acceptors (Lipinski definition) is 8. The van der Waals surface area contributed by atoms with Crippen LogP contribution >= 0.6 is 7.82 Å². The van der Waals surface area contributed by atoms with Crippen molar-refractivity contribution in [1.82, 2.24) is 0 Å². The molecule has 0 radical (unpaired) electrons. The lowest BCUT2D eigenvalue weighted by Crippen LogP contribution is -2.29. The van der Waals surface area contributed by atoms with Gasteiger partial charge in [0, 0.05) is 13.0 Å². The predicted molar refractivity (Wildman–Crippen MR) is 209 cm³/mol. The van der Waals surface area contributed by atoms with E-state index >= 15 is 0 Å². The number of aliphatic hydroxyl groups is 2. The average Bonchev–Trinajstić information content (AvgIpc) is 3.12. The molecule has 0 aliphatic rings. The number of ether oxygens (including phenoxy) is 2. The van der Waals surface area contributed by atoms with Crippen LogP contribution in [0.2, 0.25) is 0 Å². The Hall–Kier alpha value is -2.10. The number of allylic oxidation sites excluding steroid dienone is 12. The summed E-state index contributed by atoms with van der Waals surface area (Å²) < 4.78 is 33.2. The van der Waals surface area contributed by atoms with Crippen molar-refractivity contribution in [2.24, 2.45) is 0 Å². The lowest BCUT2D eigenvalue weighted by Gasteiger charge is -2.20. The van der Waals surface area contributed by atoms with Crippen LogP contribution in [0, 0.1) is 0 Å². The summed E-state index contributed by atoms with van der Waals surface area (Å²) in [6, 6.07) is 0. The van der Waals surface area contributed by atoms with E-state index in [1.165, 1.54) is 19.3 Å². The summed E-state index contributed by atoms with van der Waals surface area (Å²) in [5.41, 5.74) is 0. The summed E-state index contributed by atoms with van der Waals surface area (Å²) in [6.07, 6.45) is 42.9. The minimum absolute atomic E-state index is 0.0125. The van der Waals surface area contributed by atoms with Gasteiger partial charge in [0.1, 0.15) is 12.2 Å². The molecule has 3 atom stereocenters. The van der Waals surface area contributed by atoms with Crippen molar-refractivity contribution in [2.75, 3.05) is 33.0 Å². The van der Waals surface area contributed by atoms with Gasteiger partial charge in [0.15, 0.2) is 0 Å². The molecular formula is C41H71O9P. The highest BCUT2D eigenvalue weighted by molar-refractivity contribution is 7.47. The standard InChI is InChI=1S/C41H71O9P/c1-3-5-7-9-11-13-15-17-18-19-20-21-22-24-26-28-30-32-34-47-37-40(38-49-51(45,46)48-36-39(43)35-42)50-41(44)33-31-29-27-25-23-16-14-12-10-8-6-4-2/h5,7,11-14,17-18,20-21,24,26,39-40,42-43H,3-4,6,8-10,15-16,19,22-23,25,27-38H2,1-2H3,(H,45,46)/b7-5-,13-11-,14-12-,18-17-,21-20-,26-24-. The van der Waals surface area contributed by atoms with Crippen LogP contribution in [0.25, 0.3) is 0 Å². The molecule has 0 aliphatic carbocycles. The van der Waals surface area contributed by atoms with E-state index in [0.29, 0.717) is 13.0 Å². The van der Waals surface area contributed by atoms with Gasteiger partial charge in [-0.15, -0.1) is 0 Å². The molecule has 3 N–H and O–H groups in total. The van der Waals surface area contributed by atoms with Crippen molar-refractivity contribution >= 4 is 13.8 Å². The molecule has 9 nitrogen and oxygen atoms in total. The van der Waals surface area contributed by atoms with Crippen LogP contribution in [0.1, 0.15) is 136 Å². The van der Waals surface area contributed by atoms with E-state index in [1.54, 1.807) is 0 Å². The summed E-state index contributed by atoms with van der Waals surface area (Å²) in [7, 11) is -4.53. The van der Waals surface area contributed by atoms with E-state index in [1.807, 2.05) is 0 Å². The van der Waals surface area contributed by atoms with Gasteiger partial charge in [-0.3, -0.25) is 13.8 Å². The van der Waals surface area contributed by atoms with Crippen LogP contribution in [-0.2, 0) is 27.9 Å². The topological polar surface area (TPSA) is 132 Å². The molecule has 0 heterocycles. The monoisotopic (exact) mass is 738 g/mol. The Morgan fingerprint density at radius 1 is 0.627 bits per heavy atom. The van der Waals surface area contributed by atoms with E-state index in [0.717, 1.165) is 89.9 Å². The number of phosphoric ester groups is 1. The number of rotatable bonds is 36. The second-order valence-electron chi connectivity index (χ2n) is 12.6. The third kappa shape index (κ3) is 37.5. The normalized spacial score (nSPS) is 15.0. The van der Waals surface area contributed by atoms with Gasteiger partial charge in [-0.25, -0.2) is 4.57 Å². The van der Waals surface area contributed by atoms with E-state index < -0.39 is 45.8 Å². The molecule has 0 spiro atoms. The Morgan fingerprint density at radius 3 is 1.71 bits per heavy atom. The van der Waals surface area contributed by atoms with Crippen LogP contribution in [0.5, 0.6) is 0 Å². The number of esters is 1. The van der Waals surface area contributed by atoms with Gasteiger partial charge in [-0.1, -0.05) is 119 Å². The molecule has 0 amide bonds. The maximum Gasteiger partial charge on any atom is 0.472 e. The van der Waals surface area contributed by atoms with Gasteiger partial charge in [-0.2, -0.15) is 0 Å². The second kappa shape index (κ2) is 37.7. The molecule has 0 aliphatic heterocycles. The zero-order chi connectivity index (χ0) is 37.5. The minimum Gasteiger partial charge on any atom is -0.457 e. The highest BCUT2D eigenvalue weighted by Gasteiger charge is 2.26. The van der Waals surface area contributed by atoms with Gasteiger partial charge < -0.3 is 24.6 Å². The Bertz CT molecular complexity index is 1020. The Morgan fingerprint density at radius 2 is 1.12 bits per heavy atom. The van der Waals surface area contributed by atoms with Crippen LogP contribution in [0.4, 0.5) is 0 Å². The second-order valence-corrected chi connectivity index (χ2v) is 14.0. The highest BCUT2D eigenvalue weighted by atomic mass is 31.2. The summed E-state index contributed by atoms with van der Waals surface area (Å²) in [5.74, 6) is -0.412. The third-order valence-corrected chi connectivity index (χ3v) is 8.58. The van der Waals surface area contributed by atoms with Crippen molar-refractivity contribution in [1.29, 1.82) is 0 Å². The fourth-order valence-corrected chi connectivity index (χ4v) is 5.46. The van der Waals surface area contributed by atoms with Crippen LogP contribution < -0.4 is 0 Å². The summed E-state index contributed by atoms with van der Waals surface area (Å²) >= 11 is 0. The first kappa shape index (κ1) is 48.9. The van der Waals surface area contributed by atoms with Crippen molar-refractivity contribution in [3.63, 3.8) is 0 Å². The van der Waals surface area contributed by atoms with Crippen LogP contribution in [-0.4, -0.2) is 66.3 Å². The molecule has 0 aromatic carbocycles. The molecule has 0 aromatic rings. The molecule has 10 heteroatoms. The zero-order valence-electron chi connectivity index (χ0n) is 31.8. The lowest BCUT2D eigenvalue weighted by atomic mass is 10.1. The number of hydrogen-bond donors (Lipinski definition) is 3. The predicted octanol–water partition coefficient (Wildman–Crippen LogP) is 10.2. The van der Waals surface area contributed by atoms with Crippen molar-refractivity contribution in [3.8, 4) is 0 Å². The molecule has 294 valence electrons. The van der Waals surface area contributed by atoms with Crippen LogP contribution in [0.15, 0.2) is 72.9 Å². The Balaban J connectivity index is 4.34. The maximum absolute atomic E-state index is 12.5. The lowest BCUT2D eigenvalue weighted by molar-refractivity contribution is -0.154. The van der Waals surface area contributed by atoms with E-state index in [2.05, 4.69) is 86.8 Å². The molecule has 51 heavy (non-hydrogen) atoms. The molecule has 0 aromatic heterocycles. The smallest absolute Gasteiger partial charge is 0.457 e. The molecular weight excluding hydrogens is 667 g/mol. The van der Waals surface area contributed by atoms with E-state index in [9.17, 15) is 19.4 Å². The Kier molecular flexibility index (Phi) is 36.1. The average molecular weight is 739 g/mol. The quantitative estimate of drug-likeness (QED) is 0.0249. The van der Waals surface area contributed by atoms with Crippen molar-refractivity contribution in [3.05, 3.63) is 72.9 Å². The SMILES string of the molecule is CC/C=C\C/C=C\C/C=C\C/C=C\C/C=C\CCCCOCC(COP(=O)(O)OCC(O)CO)OC(=O)CCCCCCC/C=C\CCCCC. The van der Waals surface area contributed by atoms with E-state index in [-0.39, 0.29) is 13.0 Å².